The van der Waals surface area contributed by atoms with E-state index in [2.05, 4.69) is 44.8 Å². The van der Waals surface area contributed by atoms with Crippen molar-refractivity contribution in [2.45, 2.75) is 91.4 Å². The Kier molecular flexibility index (Phi) is 5.70. The van der Waals surface area contributed by atoms with Gasteiger partial charge in [-0.3, -0.25) is 10.1 Å². The van der Waals surface area contributed by atoms with Crippen LogP contribution in [-0.4, -0.2) is 29.1 Å². The third kappa shape index (κ3) is 3.44. The van der Waals surface area contributed by atoms with E-state index in [1.54, 1.807) is 0 Å². The molecule has 1 N–H and O–H groups in total. The van der Waals surface area contributed by atoms with E-state index in [0.717, 1.165) is 25.2 Å². The zero-order valence-electron chi connectivity index (χ0n) is 14.6. The summed E-state index contributed by atoms with van der Waals surface area (Å²) in [6.07, 6.45) is 7.29. The van der Waals surface area contributed by atoms with Crippen molar-refractivity contribution in [1.82, 2.24) is 10.2 Å². The second-order valence-corrected chi connectivity index (χ2v) is 7.63. The Balaban J connectivity index is 2.15. The summed E-state index contributed by atoms with van der Waals surface area (Å²) in [7, 11) is 0. The van der Waals surface area contributed by atoms with Crippen LogP contribution in [0.15, 0.2) is 0 Å². The Morgan fingerprint density at radius 1 is 1.29 bits per heavy atom. The fraction of sp³-hybridized carbons (Fsp3) is 0.944. The zero-order valence-corrected chi connectivity index (χ0v) is 14.6. The van der Waals surface area contributed by atoms with Gasteiger partial charge in [0.15, 0.2) is 0 Å². The van der Waals surface area contributed by atoms with Gasteiger partial charge in [0.2, 0.25) is 5.91 Å². The molecule has 2 rings (SSSR count). The second-order valence-electron chi connectivity index (χ2n) is 7.63. The Hall–Kier alpha value is -0.570. The van der Waals surface area contributed by atoms with Gasteiger partial charge in [0.25, 0.3) is 0 Å². The molecule has 0 aromatic heterocycles. The molecule has 0 aromatic carbocycles. The van der Waals surface area contributed by atoms with Crippen LogP contribution in [0.2, 0.25) is 0 Å². The van der Waals surface area contributed by atoms with Crippen LogP contribution in [0.5, 0.6) is 0 Å². The van der Waals surface area contributed by atoms with Crippen molar-refractivity contribution in [1.29, 1.82) is 0 Å². The molecule has 0 radical (unpaired) electrons. The number of amides is 1. The normalized spacial score (nSPS) is 37.5. The first-order valence-electron chi connectivity index (χ1n) is 9.05. The van der Waals surface area contributed by atoms with Crippen molar-refractivity contribution < 1.29 is 4.79 Å². The van der Waals surface area contributed by atoms with Crippen LogP contribution in [0.1, 0.15) is 73.1 Å². The van der Waals surface area contributed by atoms with Crippen molar-refractivity contribution in [3.63, 3.8) is 0 Å². The van der Waals surface area contributed by atoms with Gasteiger partial charge in [0.05, 0.1) is 12.2 Å². The van der Waals surface area contributed by atoms with Crippen LogP contribution in [0, 0.1) is 17.8 Å². The van der Waals surface area contributed by atoms with Crippen LogP contribution in [0.3, 0.4) is 0 Å². The van der Waals surface area contributed by atoms with E-state index >= 15 is 0 Å². The van der Waals surface area contributed by atoms with Gasteiger partial charge in [-0.2, -0.15) is 0 Å². The maximum atomic E-state index is 12.9. The number of carbonyl (C=O) groups excluding carboxylic acids is 1. The molecule has 1 amide bonds. The number of hydrogen-bond acceptors (Lipinski definition) is 2. The van der Waals surface area contributed by atoms with Gasteiger partial charge < -0.3 is 4.90 Å². The summed E-state index contributed by atoms with van der Waals surface area (Å²) in [5, 5.41) is 3.63. The lowest BCUT2D eigenvalue weighted by Crippen LogP contribution is -2.52. The Labute approximate surface area is 130 Å². The minimum absolute atomic E-state index is 0.0572. The molecule has 0 bridgehead atoms. The Morgan fingerprint density at radius 3 is 2.62 bits per heavy atom. The number of rotatable bonds is 5. The van der Waals surface area contributed by atoms with Crippen LogP contribution < -0.4 is 5.32 Å². The Bertz CT molecular complexity index is 355. The summed E-state index contributed by atoms with van der Waals surface area (Å²) in [6.45, 7) is 11.4. The fourth-order valence-electron chi connectivity index (χ4n) is 4.12. The molecule has 3 heteroatoms. The predicted octanol–water partition coefficient (Wildman–Crippen LogP) is 3.78. The van der Waals surface area contributed by atoms with Crippen molar-refractivity contribution >= 4 is 5.91 Å². The first kappa shape index (κ1) is 16.8. The van der Waals surface area contributed by atoms with Gasteiger partial charge in [0.1, 0.15) is 0 Å². The molecule has 21 heavy (non-hydrogen) atoms. The van der Waals surface area contributed by atoms with Crippen LogP contribution in [0.25, 0.3) is 0 Å². The van der Waals surface area contributed by atoms with E-state index in [-0.39, 0.29) is 12.2 Å². The van der Waals surface area contributed by atoms with E-state index in [1.807, 2.05) is 0 Å². The molecule has 0 spiro atoms. The van der Waals surface area contributed by atoms with Gasteiger partial charge >= 0.3 is 0 Å². The van der Waals surface area contributed by atoms with E-state index in [9.17, 15) is 4.79 Å². The quantitative estimate of drug-likeness (QED) is 0.837. The van der Waals surface area contributed by atoms with Gasteiger partial charge in [-0.15, -0.1) is 0 Å². The number of unbranched alkanes of at least 4 members (excludes halogenated alkanes) is 1. The van der Waals surface area contributed by atoms with E-state index < -0.39 is 0 Å². The van der Waals surface area contributed by atoms with Gasteiger partial charge in [-0.25, -0.2) is 0 Å². The van der Waals surface area contributed by atoms with Crippen LogP contribution in [0.4, 0.5) is 0 Å². The molecule has 5 unspecified atom stereocenters. The van der Waals surface area contributed by atoms with Gasteiger partial charge in [-0.05, 0) is 30.6 Å². The lowest BCUT2D eigenvalue weighted by atomic mass is 9.77. The van der Waals surface area contributed by atoms with E-state index in [0.29, 0.717) is 23.8 Å². The third-order valence-corrected chi connectivity index (χ3v) is 5.72. The topological polar surface area (TPSA) is 32.3 Å². The lowest BCUT2D eigenvalue weighted by Gasteiger charge is -2.43. The fourth-order valence-corrected chi connectivity index (χ4v) is 4.12. The van der Waals surface area contributed by atoms with Crippen LogP contribution in [-0.2, 0) is 4.79 Å². The number of nitrogens with one attached hydrogen (secondary N) is 1. The second kappa shape index (κ2) is 7.13. The standard InChI is InChI=1S/C18H34N2O/c1-6-7-10-15-18(21)20(17(19-15)12(2)3)16-11-8-9-13(4)14(16)5/h12-17,19H,6-11H2,1-5H3. The molecule has 3 nitrogen and oxygen atoms in total. The molecular formula is C18H34N2O. The molecule has 1 aliphatic carbocycles. The van der Waals surface area contributed by atoms with Crippen LogP contribution >= 0.6 is 0 Å². The summed E-state index contributed by atoms with van der Waals surface area (Å²) in [4.78, 5) is 15.2. The van der Waals surface area contributed by atoms with Crippen molar-refractivity contribution in [3.8, 4) is 0 Å². The highest BCUT2D eigenvalue weighted by Gasteiger charge is 2.45. The highest BCUT2D eigenvalue weighted by Crippen LogP contribution is 2.36. The molecule has 2 fully saturated rings. The first-order valence-corrected chi connectivity index (χ1v) is 9.05. The summed E-state index contributed by atoms with van der Waals surface area (Å²) in [5.41, 5.74) is 0. The van der Waals surface area contributed by atoms with E-state index in [1.165, 1.54) is 19.3 Å². The van der Waals surface area contributed by atoms with Gasteiger partial charge in [0, 0.05) is 6.04 Å². The molecular weight excluding hydrogens is 260 g/mol. The van der Waals surface area contributed by atoms with Crippen molar-refractivity contribution in [2.75, 3.05) is 0 Å². The highest BCUT2D eigenvalue weighted by atomic mass is 16.2. The molecule has 2 aliphatic rings. The predicted molar refractivity (Wildman–Crippen MR) is 87.9 cm³/mol. The summed E-state index contributed by atoms with van der Waals surface area (Å²) in [6, 6.07) is 0.495. The maximum absolute atomic E-state index is 12.9. The average Bonchev–Trinajstić information content (AvgIpc) is 2.77. The first-order chi connectivity index (χ1) is 9.97. The minimum atomic E-state index is 0.0572. The summed E-state index contributed by atoms with van der Waals surface area (Å²) in [5.74, 6) is 2.20. The molecule has 1 aliphatic heterocycles. The Morgan fingerprint density at radius 2 is 2.00 bits per heavy atom. The average molecular weight is 294 g/mol. The smallest absolute Gasteiger partial charge is 0.241 e. The lowest BCUT2D eigenvalue weighted by molar-refractivity contribution is -0.135. The van der Waals surface area contributed by atoms with E-state index in [4.69, 9.17) is 0 Å². The zero-order chi connectivity index (χ0) is 15.6. The molecule has 1 saturated heterocycles. The number of carbonyl (C=O) groups is 1. The largest absolute Gasteiger partial charge is 0.322 e. The maximum Gasteiger partial charge on any atom is 0.241 e. The summed E-state index contributed by atoms with van der Waals surface area (Å²) < 4.78 is 0. The molecule has 5 atom stereocenters. The minimum Gasteiger partial charge on any atom is -0.322 e. The molecule has 122 valence electrons. The van der Waals surface area contributed by atoms with Gasteiger partial charge in [-0.1, -0.05) is 60.3 Å². The number of hydrogen-bond donors (Lipinski definition) is 1. The highest BCUT2D eigenvalue weighted by molar-refractivity contribution is 5.84. The SMILES string of the molecule is CCCCC1NC(C(C)C)N(C2CCCC(C)C2C)C1=O. The monoisotopic (exact) mass is 294 g/mol. The van der Waals surface area contributed by atoms with Crippen molar-refractivity contribution in [2.24, 2.45) is 17.8 Å². The molecule has 0 aromatic rings. The number of nitrogens with zero attached hydrogens (tertiary/aromatic N) is 1. The third-order valence-electron chi connectivity index (χ3n) is 5.72. The summed E-state index contributed by atoms with van der Waals surface area (Å²) >= 11 is 0. The van der Waals surface area contributed by atoms with Crippen molar-refractivity contribution in [3.05, 3.63) is 0 Å². The molecule has 1 heterocycles. The molecule has 1 saturated carbocycles.